The van der Waals surface area contributed by atoms with Gasteiger partial charge >= 0.3 is 0 Å². The number of aromatic hydroxyl groups is 1. The minimum absolute atomic E-state index is 0. The van der Waals surface area contributed by atoms with Crippen molar-refractivity contribution >= 4 is 12.4 Å². The first-order valence-corrected chi connectivity index (χ1v) is 6.99. The quantitative estimate of drug-likeness (QED) is 0.793. The van der Waals surface area contributed by atoms with E-state index >= 15 is 0 Å². The molecule has 1 aliphatic heterocycles. The van der Waals surface area contributed by atoms with Gasteiger partial charge in [0.1, 0.15) is 5.75 Å². The van der Waals surface area contributed by atoms with E-state index in [9.17, 15) is 10.2 Å². The molecule has 0 aliphatic carbocycles. The lowest BCUT2D eigenvalue weighted by Crippen LogP contribution is -2.45. The van der Waals surface area contributed by atoms with Gasteiger partial charge in [0.2, 0.25) is 0 Å². The van der Waals surface area contributed by atoms with Gasteiger partial charge < -0.3 is 15.5 Å². The van der Waals surface area contributed by atoms with Crippen LogP contribution in [-0.2, 0) is 0 Å². The van der Waals surface area contributed by atoms with E-state index in [1.165, 1.54) is 5.56 Å². The van der Waals surface area contributed by atoms with Crippen LogP contribution in [0.3, 0.4) is 0 Å². The van der Waals surface area contributed by atoms with Crippen molar-refractivity contribution in [1.82, 2.24) is 10.2 Å². The second-order valence-corrected chi connectivity index (χ2v) is 5.32. The monoisotopic (exact) mass is 300 g/mol. The fourth-order valence-electron chi connectivity index (χ4n) is 2.86. The van der Waals surface area contributed by atoms with E-state index in [2.05, 4.69) is 10.2 Å². The van der Waals surface area contributed by atoms with Crippen LogP contribution in [-0.4, -0.2) is 47.9 Å². The van der Waals surface area contributed by atoms with Crippen molar-refractivity contribution in [3.8, 4) is 5.75 Å². The molecule has 3 N–H and O–H groups in total. The summed E-state index contributed by atoms with van der Waals surface area (Å²) in [6, 6.07) is 4.33. The van der Waals surface area contributed by atoms with E-state index in [0.29, 0.717) is 5.75 Å². The Hall–Kier alpha value is -0.810. The number of nitrogens with one attached hydrogen (secondary N) is 1. The Bertz CT molecular complexity index is 411. The third-order valence-corrected chi connectivity index (χ3v) is 3.89. The summed E-state index contributed by atoms with van der Waals surface area (Å²) in [4.78, 5) is 2.41. The number of phenols is 1. The number of piperazine rings is 1. The highest BCUT2D eigenvalue weighted by molar-refractivity contribution is 5.85. The van der Waals surface area contributed by atoms with Crippen LogP contribution in [0.15, 0.2) is 12.1 Å². The summed E-state index contributed by atoms with van der Waals surface area (Å²) in [5.41, 5.74) is 3.02. The molecule has 1 aromatic carbocycles. The highest BCUT2D eigenvalue weighted by Gasteiger charge is 2.22. The molecule has 1 heterocycles. The van der Waals surface area contributed by atoms with Crippen LogP contribution in [0.1, 0.15) is 29.2 Å². The molecule has 1 aromatic rings. The van der Waals surface area contributed by atoms with E-state index in [-0.39, 0.29) is 25.1 Å². The molecule has 0 spiro atoms. The summed E-state index contributed by atoms with van der Waals surface area (Å²) in [6.45, 7) is 8.05. The first-order valence-electron chi connectivity index (χ1n) is 6.99. The molecule has 1 fully saturated rings. The number of aliphatic hydroxyl groups excluding tert-OH is 1. The van der Waals surface area contributed by atoms with Gasteiger partial charge in [-0.25, -0.2) is 0 Å². The maximum Gasteiger partial charge on any atom is 0.121 e. The molecule has 20 heavy (non-hydrogen) atoms. The van der Waals surface area contributed by atoms with Crippen LogP contribution >= 0.6 is 12.4 Å². The number of halogens is 1. The largest absolute Gasteiger partial charge is 0.507 e. The highest BCUT2D eigenvalue weighted by Crippen LogP contribution is 2.30. The van der Waals surface area contributed by atoms with Gasteiger partial charge in [-0.15, -0.1) is 12.4 Å². The molecule has 1 aliphatic rings. The van der Waals surface area contributed by atoms with Crippen LogP contribution < -0.4 is 5.32 Å². The molecule has 1 atom stereocenters. The number of rotatable bonds is 4. The van der Waals surface area contributed by atoms with Crippen LogP contribution in [0, 0.1) is 13.8 Å². The molecule has 5 heteroatoms. The van der Waals surface area contributed by atoms with E-state index in [1.54, 1.807) is 0 Å². The lowest BCUT2D eigenvalue weighted by atomic mass is 9.96. The third-order valence-electron chi connectivity index (χ3n) is 3.89. The summed E-state index contributed by atoms with van der Waals surface area (Å²) < 4.78 is 0. The number of benzene rings is 1. The SMILES string of the molecule is Cc1cc([C@H](CCO)N2CCNCC2)cc(C)c1O.Cl. The number of phenolic OH excluding ortho intramolecular Hbond substituents is 1. The van der Waals surface area contributed by atoms with Crippen LogP contribution in [0.5, 0.6) is 5.75 Å². The lowest BCUT2D eigenvalue weighted by Gasteiger charge is -2.35. The van der Waals surface area contributed by atoms with E-state index < -0.39 is 0 Å². The van der Waals surface area contributed by atoms with Crippen molar-refractivity contribution in [3.63, 3.8) is 0 Å². The maximum atomic E-state index is 9.88. The fourth-order valence-corrected chi connectivity index (χ4v) is 2.86. The van der Waals surface area contributed by atoms with Gasteiger partial charge in [-0.2, -0.15) is 0 Å². The number of hydrogen-bond acceptors (Lipinski definition) is 4. The Kier molecular flexibility index (Phi) is 6.76. The molecule has 114 valence electrons. The van der Waals surface area contributed by atoms with Gasteiger partial charge in [-0.3, -0.25) is 4.90 Å². The molecule has 0 aromatic heterocycles. The topological polar surface area (TPSA) is 55.7 Å². The van der Waals surface area contributed by atoms with E-state index in [0.717, 1.165) is 43.7 Å². The van der Waals surface area contributed by atoms with Crippen LogP contribution in [0.25, 0.3) is 0 Å². The van der Waals surface area contributed by atoms with Crippen LogP contribution in [0.2, 0.25) is 0 Å². The average Bonchev–Trinajstić information content (AvgIpc) is 2.42. The minimum atomic E-state index is 0. The van der Waals surface area contributed by atoms with Gasteiger partial charge in [0, 0.05) is 38.8 Å². The molecule has 0 radical (unpaired) electrons. The Balaban J connectivity index is 0.00000200. The van der Waals surface area contributed by atoms with Crippen LogP contribution in [0.4, 0.5) is 0 Å². The minimum Gasteiger partial charge on any atom is -0.507 e. The smallest absolute Gasteiger partial charge is 0.121 e. The first kappa shape index (κ1) is 17.2. The molecule has 0 saturated carbocycles. The normalized spacial score (nSPS) is 17.6. The zero-order valence-electron chi connectivity index (χ0n) is 12.2. The molecule has 4 nitrogen and oxygen atoms in total. The van der Waals surface area contributed by atoms with E-state index in [1.807, 2.05) is 26.0 Å². The second kappa shape index (κ2) is 7.84. The molecule has 1 saturated heterocycles. The standard InChI is InChI=1S/C15H24N2O2.ClH/c1-11-9-13(10-12(2)15(11)19)14(3-8-18)17-6-4-16-5-7-17;/h9-10,14,16,18-19H,3-8H2,1-2H3;1H/t14-;/m0./s1. The summed E-state index contributed by atoms with van der Waals surface area (Å²) in [5.74, 6) is 0.381. The van der Waals surface area contributed by atoms with Gasteiger partial charge in [-0.1, -0.05) is 12.1 Å². The number of nitrogens with zero attached hydrogens (tertiary/aromatic N) is 1. The zero-order chi connectivity index (χ0) is 13.8. The first-order chi connectivity index (χ1) is 9.13. The molecular formula is C15H25ClN2O2. The lowest BCUT2D eigenvalue weighted by molar-refractivity contribution is 0.141. The number of hydrogen-bond donors (Lipinski definition) is 3. The molecule has 2 rings (SSSR count). The van der Waals surface area contributed by atoms with Crippen molar-refractivity contribution in [3.05, 3.63) is 28.8 Å². The van der Waals surface area contributed by atoms with Crippen molar-refractivity contribution in [1.29, 1.82) is 0 Å². The van der Waals surface area contributed by atoms with Gasteiger partial charge in [0.25, 0.3) is 0 Å². The third kappa shape index (κ3) is 3.85. The maximum absolute atomic E-state index is 9.88. The van der Waals surface area contributed by atoms with Crippen molar-refractivity contribution in [2.24, 2.45) is 0 Å². The Morgan fingerprint density at radius 3 is 2.25 bits per heavy atom. The van der Waals surface area contributed by atoms with Crippen molar-refractivity contribution in [2.45, 2.75) is 26.3 Å². The summed E-state index contributed by atoms with van der Waals surface area (Å²) in [6.07, 6.45) is 0.740. The van der Waals surface area contributed by atoms with Gasteiger partial charge in [-0.05, 0) is 37.0 Å². The summed E-state index contributed by atoms with van der Waals surface area (Å²) >= 11 is 0. The van der Waals surface area contributed by atoms with Gasteiger partial charge in [0.05, 0.1) is 0 Å². The second-order valence-electron chi connectivity index (χ2n) is 5.32. The average molecular weight is 301 g/mol. The number of aliphatic hydroxyl groups is 1. The van der Waals surface area contributed by atoms with Gasteiger partial charge in [0.15, 0.2) is 0 Å². The Morgan fingerprint density at radius 1 is 1.20 bits per heavy atom. The number of aryl methyl sites for hydroxylation is 2. The predicted molar refractivity (Wildman–Crippen MR) is 83.7 cm³/mol. The molecule has 0 amide bonds. The summed E-state index contributed by atoms with van der Waals surface area (Å²) in [5, 5.41) is 22.6. The molecule has 0 bridgehead atoms. The molecule has 0 unspecified atom stereocenters. The zero-order valence-corrected chi connectivity index (χ0v) is 13.0. The van der Waals surface area contributed by atoms with Crippen molar-refractivity contribution in [2.75, 3.05) is 32.8 Å². The van der Waals surface area contributed by atoms with Crippen molar-refractivity contribution < 1.29 is 10.2 Å². The predicted octanol–water partition coefficient (Wildman–Crippen LogP) is 1.76. The Morgan fingerprint density at radius 2 is 1.75 bits per heavy atom. The highest BCUT2D eigenvalue weighted by atomic mass is 35.5. The molecular weight excluding hydrogens is 276 g/mol. The fraction of sp³-hybridized carbons (Fsp3) is 0.600. The Labute approximate surface area is 127 Å². The summed E-state index contributed by atoms with van der Waals surface area (Å²) in [7, 11) is 0. The van der Waals surface area contributed by atoms with E-state index in [4.69, 9.17) is 0 Å².